The second-order valence-corrected chi connectivity index (χ2v) is 22.7. The number of carbonyl (C=O) groups is 3. The van der Waals surface area contributed by atoms with E-state index in [-0.39, 0.29) is 31.1 Å². The highest BCUT2D eigenvalue weighted by molar-refractivity contribution is 5.71. The van der Waals surface area contributed by atoms with Crippen molar-refractivity contribution in [2.24, 2.45) is 0 Å². The van der Waals surface area contributed by atoms with E-state index >= 15 is 0 Å². The molecule has 0 amide bonds. The Morgan fingerprint density at radius 2 is 0.500 bits per heavy atom. The molecule has 6 nitrogen and oxygen atoms in total. The summed E-state index contributed by atoms with van der Waals surface area (Å²) in [7, 11) is 0. The van der Waals surface area contributed by atoms with Crippen LogP contribution in [0.5, 0.6) is 0 Å². The summed E-state index contributed by atoms with van der Waals surface area (Å²) in [5.41, 5.74) is 0. The predicted molar refractivity (Wildman–Crippen MR) is 339 cm³/mol. The molecule has 0 aromatic carbocycles. The second kappa shape index (κ2) is 66.4. The van der Waals surface area contributed by atoms with Crippen molar-refractivity contribution in [3.63, 3.8) is 0 Å². The van der Waals surface area contributed by atoms with Crippen molar-refractivity contribution in [2.75, 3.05) is 13.2 Å². The summed E-state index contributed by atoms with van der Waals surface area (Å²) in [5, 5.41) is 0. The maximum atomic E-state index is 12.9. The molecule has 0 aromatic rings. The first kappa shape index (κ1) is 74.8. The van der Waals surface area contributed by atoms with Gasteiger partial charge in [-0.25, -0.2) is 0 Å². The molecule has 0 heterocycles. The van der Waals surface area contributed by atoms with Gasteiger partial charge in [0.05, 0.1) is 0 Å². The molecule has 78 heavy (non-hydrogen) atoms. The normalized spacial score (nSPS) is 12.5. The largest absolute Gasteiger partial charge is 0.462 e. The molecule has 0 saturated carbocycles. The number of hydrogen-bond donors (Lipinski definition) is 0. The molecule has 0 spiro atoms. The van der Waals surface area contributed by atoms with Crippen molar-refractivity contribution in [2.45, 2.75) is 354 Å². The van der Waals surface area contributed by atoms with Gasteiger partial charge in [0, 0.05) is 19.3 Å². The van der Waals surface area contributed by atoms with Gasteiger partial charge in [-0.1, -0.05) is 293 Å². The van der Waals surface area contributed by atoms with Crippen LogP contribution in [0, 0.1) is 0 Å². The molecule has 452 valence electrons. The minimum atomic E-state index is -0.786. The summed E-state index contributed by atoms with van der Waals surface area (Å²) in [6.07, 6.45) is 86.3. The molecule has 0 fully saturated rings. The summed E-state index contributed by atoms with van der Waals surface area (Å²) < 4.78 is 17.0. The van der Waals surface area contributed by atoms with Crippen molar-refractivity contribution in [3.8, 4) is 0 Å². The molecule has 0 bridgehead atoms. The first-order valence-electron chi connectivity index (χ1n) is 33.9. The van der Waals surface area contributed by atoms with Gasteiger partial charge in [-0.15, -0.1) is 0 Å². The van der Waals surface area contributed by atoms with Gasteiger partial charge in [-0.2, -0.15) is 0 Å². The fraction of sp³-hybridized carbons (Fsp3) is 0.792. The van der Waals surface area contributed by atoms with Crippen LogP contribution >= 0.6 is 0 Å². The fourth-order valence-corrected chi connectivity index (χ4v) is 9.84. The standard InChI is InChI=1S/C72H128O6/c1-4-7-10-13-16-19-22-25-28-30-32-33-34-35-36-37-38-39-40-42-44-47-50-53-56-59-62-65-71(74)77-68-69(67-76-70(73)64-61-58-55-52-49-46-43-27-24-21-18-15-12-9-6-3)78-72(75)66-63-60-57-54-51-48-45-41-31-29-26-23-20-17-14-11-8-5-2/h9,12,18,21-22,25,27,29-32,43,69H,4-8,10-11,13-17,19-20,23-24,26,28,33-42,44-68H2,1-3H3/b12-9-,21-18-,25-22-,31-29-,32-30-,43-27-. The maximum absolute atomic E-state index is 12.9. The van der Waals surface area contributed by atoms with E-state index in [1.165, 1.54) is 205 Å². The van der Waals surface area contributed by atoms with Gasteiger partial charge >= 0.3 is 17.9 Å². The van der Waals surface area contributed by atoms with Crippen LogP contribution < -0.4 is 0 Å². The fourth-order valence-electron chi connectivity index (χ4n) is 9.84. The van der Waals surface area contributed by atoms with E-state index < -0.39 is 6.10 Å². The summed E-state index contributed by atoms with van der Waals surface area (Å²) in [6.45, 7) is 6.54. The first-order chi connectivity index (χ1) is 38.5. The van der Waals surface area contributed by atoms with E-state index in [0.717, 1.165) is 103 Å². The Morgan fingerprint density at radius 1 is 0.269 bits per heavy atom. The van der Waals surface area contributed by atoms with Crippen molar-refractivity contribution in [1.29, 1.82) is 0 Å². The third-order valence-electron chi connectivity index (χ3n) is 14.9. The Bertz CT molecular complexity index is 1440. The van der Waals surface area contributed by atoms with Crippen LogP contribution in [-0.2, 0) is 28.6 Å². The van der Waals surface area contributed by atoms with Crippen molar-refractivity contribution in [3.05, 3.63) is 72.9 Å². The molecule has 0 aliphatic heterocycles. The second-order valence-electron chi connectivity index (χ2n) is 22.7. The lowest BCUT2D eigenvalue weighted by Crippen LogP contribution is -2.30. The third kappa shape index (κ3) is 63.7. The Kier molecular flexibility index (Phi) is 63.7. The summed E-state index contributed by atoms with van der Waals surface area (Å²) in [6, 6.07) is 0. The van der Waals surface area contributed by atoms with E-state index in [9.17, 15) is 14.4 Å². The molecule has 0 radical (unpaired) electrons. The summed E-state index contributed by atoms with van der Waals surface area (Å²) in [4.78, 5) is 38.4. The van der Waals surface area contributed by atoms with Crippen molar-refractivity contribution in [1.82, 2.24) is 0 Å². The van der Waals surface area contributed by atoms with E-state index in [0.29, 0.717) is 19.3 Å². The number of esters is 3. The highest BCUT2D eigenvalue weighted by Gasteiger charge is 2.19. The Labute approximate surface area is 484 Å². The Balaban J connectivity index is 4.28. The molecule has 0 aromatic heterocycles. The van der Waals surface area contributed by atoms with E-state index in [4.69, 9.17) is 14.2 Å². The monoisotopic (exact) mass is 1090 g/mol. The smallest absolute Gasteiger partial charge is 0.306 e. The van der Waals surface area contributed by atoms with Crippen LogP contribution in [0.15, 0.2) is 72.9 Å². The van der Waals surface area contributed by atoms with Gasteiger partial charge in [-0.05, 0) is 109 Å². The van der Waals surface area contributed by atoms with E-state index in [1.54, 1.807) is 0 Å². The third-order valence-corrected chi connectivity index (χ3v) is 14.9. The number of unbranched alkanes of at least 4 members (excludes halogenated alkanes) is 39. The lowest BCUT2D eigenvalue weighted by molar-refractivity contribution is -0.167. The SMILES string of the molecule is CC/C=C\C/C=C\C/C=C\CCCCCCCC(=O)OCC(COC(=O)CCCCCCCCCCCCCCCCC/C=C\C/C=C\CCCCCCC)OC(=O)CCCCCCCCC/C=C\CCCCCCCCC. The van der Waals surface area contributed by atoms with Gasteiger partial charge in [0.25, 0.3) is 0 Å². The quantitative estimate of drug-likeness (QED) is 0.0261. The average molecular weight is 1090 g/mol. The van der Waals surface area contributed by atoms with Crippen LogP contribution in [0.1, 0.15) is 348 Å². The van der Waals surface area contributed by atoms with Crippen molar-refractivity contribution < 1.29 is 28.6 Å². The number of hydrogen-bond acceptors (Lipinski definition) is 6. The Morgan fingerprint density at radius 3 is 0.795 bits per heavy atom. The molecule has 0 rings (SSSR count). The lowest BCUT2D eigenvalue weighted by Gasteiger charge is -2.18. The molecule has 0 aliphatic carbocycles. The highest BCUT2D eigenvalue weighted by Crippen LogP contribution is 2.17. The molecule has 0 N–H and O–H groups in total. The zero-order valence-corrected chi connectivity index (χ0v) is 51.9. The highest BCUT2D eigenvalue weighted by atomic mass is 16.6. The summed E-state index contributed by atoms with van der Waals surface area (Å²) in [5.74, 6) is -0.885. The summed E-state index contributed by atoms with van der Waals surface area (Å²) >= 11 is 0. The molecule has 1 atom stereocenters. The minimum absolute atomic E-state index is 0.0805. The maximum Gasteiger partial charge on any atom is 0.306 e. The molecule has 0 saturated heterocycles. The van der Waals surface area contributed by atoms with Crippen molar-refractivity contribution >= 4 is 17.9 Å². The molecule has 6 heteroatoms. The molecular weight excluding hydrogens is 961 g/mol. The van der Waals surface area contributed by atoms with Gasteiger partial charge in [0.2, 0.25) is 0 Å². The molecule has 0 aliphatic rings. The minimum Gasteiger partial charge on any atom is -0.462 e. The topological polar surface area (TPSA) is 78.9 Å². The van der Waals surface area contributed by atoms with Crippen LogP contribution in [0.2, 0.25) is 0 Å². The zero-order chi connectivity index (χ0) is 56.4. The average Bonchev–Trinajstić information content (AvgIpc) is 3.44. The molecular formula is C72H128O6. The van der Waals surface area contributed by atoms with Gasteiger partial charge < -0.3 is 14.2 Å². The van der Waals surface area contributed by atoms with Crippen LogP contribution in [-0.4, -0.2) is 37.2 Å². The van der Waals surface area contributed by atoms with Crippen LogP contribution in [0.25, 0.3) is 0 Å². The van der Waals surface area contributed by atoms with Crippen LogP contribution in [0.3, 0.4) is 0 Å². The van der Waals surface area contributed by atoms with E-state index in [1.807, 2.05) is 0 Å². The van der Waals surface area contributed by atoms with Gasteiger partial charge in [0.15, 0.2) is 6.10 Å². The van der Waals surface area contributed by atoms with Gasteiger partial charge in [-0.3, -0.25) is 14.4 Å². The molecule has 1 unspecified atom stereocenters. The van der Waals surface area contributed by atoms with Gasteiger partial charge in [0.1, 0.15) is 13.2 Å². The number of rotatable bonds is 62. The Hall–Kier alpha value is -3.15. The number of ether oxygens (including phenoxy) is 3. The zero-order valence-electron chi connectivity index (χ0n) is 51.9. The number of carbonyl (C=O) groups excluding carboxylic acids is 3. The first-order valence-corrected chi connectivity index (χ1v) is 33.9. The number of allylic oxidation sites excluding steroid dienone is 12. The van der Waals surface area contributed by atoms with E-state index in [2.05, 4.69) is 93.7 Å². The lowest BCUT2D eigenvalue weighted by atomic mass is 10.0. The predicted octanol–water partition coefficient (Wildman–Crippen LogP) is 23.3. The van der Waals surface area contributed by atoms with Crippen LogP contribution in [0.4, 0.5) is 0 Å².